The Labute approximate surface area is 149 Å². The number of nitriles is 1. The van der Waals surface area contributed by atoms with E-state index in [1.54, 1.807) is 0 Å². The molecule has 0 radical (unpaired) electrons. The molecule has 1 saturated heterocycles. The number of rotatable bonds is 5. The van der Waals surface area contributed by atoms with E-state index >= 15 is 0 Å². The van der Waals surface area contributed by atoms with E-state index in [0.29, 0.717) is 31.0 Å². The van der Waals surface area contributed by atoms with Gasteiger partial charge in [0.1, 0.15) is 5.82 Å². The highest BCUT2D eigenvalue weighted by atomic mass is 19.4. The Kier molecular flexibility index (Phi) is 6.80. The van der Waals surface area contributed by atoms with E-state index in [1.807, 2.05) is 13.0 Å². The SMILES string of the molecule is CCNC(=NCc1ccc(C#N)cc1F)NC1CCN(CC(F)(F)F)C1. The Balaban J connectivity index is 1.96. The van der Waals surface area contributed by atoms with E-state index in [9.17, 15) is 17.6 Å². The van der Waals surface area contributed by atoms with Gasteiger partial charge >= 0.3 is 6.18 Å². The van der Waals surface area contributed by atoms with E-state index in [-0.39, 0.29) is 24.7 Å². The first-order valence-corrected chi connectivity index (χ1v) is 8.33. The molecule has 5 nitrogen and oxygen atoms in total. The molecule has 2 rings (SSSR count). The Bertz CT molecular complexity index is 681. The van der Waals surface area contributed by atoms with Gasteiger partial charge in [0.05, 0.1) is 24.7 Å². The van der Waals surface area contributed by atoms with Gasteiger partial charge in [0.15, 0.2) is 5.96 Å². The summed E-state index contributed by atoms with van der Waals surface area (Å²) in [6, 6.07) is 5.88. The monoisotopic (exact) mass is 371 g/mol. The fourth-order valence-electron chi connectivity index (χ4n) is 2.77. The molecule has 1 aliphatic heterocycles. The second-order valence-corrected chi connectivity index (χ2v) is 6.09. The predicted octanol–water partition coefficient (Wildman–Crippen LogP) is 2.39. The summed E-state index contributed by atoms with van der Waals surface area (Å²) in [5, 5.41) is 14.9. The minimum absolute atomic E-state index is 0.0614. The van der Waals surface area contributed by atoms with E-state index in [2.05, 4.69) is 15.6 Å². The second-order valence-electron chi connectivity index (χ2n) is 6.09. The van der Waals surface area contributed by atoms with Crippen LogP contribution in [-0.4, -0.2) is 49.3 Å². The van der Waals surface area contributed by atoms with Crippen LogP contribution in [-0.2, 0) is 6.54 Å². The largest absolute Gasteiger partial charge is 0.401 e. The maximum atomic E-state index is 13.9. The number of benzene rings is 1. The lowest BCUT2D eigenvalue weighted by Crippen LogP contribution is -2.45. The van der Waals surface area contributed by atoms with Crippen molar-refractivity contribution in [3.8, 4) is 6.07 Å². The molecule has 1 aliphatic rings. The molecule has 2 N–H and O–H groups in total. The standard InChI is InChI=1S/C17H21F4N5/c1-2-23-16(24-9-13-4-3-12(8-22)7-15(13)18)25-14-5-6-26(10-14)11-17(19,20)21/h3-4,7,14H,2,5-6,9-11H2,1H3,(H2,23,24,25). The second kappa shape index (κ2) is 8.85. The van der Waals surface area contributed by atoms with Crippen LogP contribution in [0.15, 0.2) is 23.2 Å². The van der Waals surface area contributed by atoms with Gasteiger partial charge in [-0.15, -0.1) is 0 Å². The lowest BCUT2D eigenvalue weighted by atomic mass is 10.1. The number of halogens is 4. The minimum atomic E-state index is -4.21. The van der Waals surface area contributed by atoms with Gasteiger partial charge in [-0.1, -0.05) is 6.07 Å². The van der Waals surface area contributed by atoms with Crippen molar-refractivity contribution in [1.82, 2.24) is 15.5 Å². The maximum absolute atomic E-state index is 13.9. The van der Waals surface area contributed by atoms with Gasteiger partial charge < -0.3 is 10.6 Å². The minimum Gasteiger partial charge on any atom is -0.357 e. The number of nitrogens with zero attached hydrogens (tertiary/aromatic N) is 3. The molecule has 1 heterocycles. The molecule has 142 valence electrons. The summed E-state index contributed by atoms with van der Waals surface area (Å²) < 4.78 is 51.3. The number of guanidine groups is 1. The van der Waals surface area contributed by atoms with E-state index in [4.69, 9.17) is 5.26 Å². The van der Waals surface area contributed by atoms with Gasteiger partial charge in [0.2, 0.25) is 0 Å². The van der Waals surface area contributed by atoms with Crippen LogP contribution in [0.25, 0.3) is 0 Å². The zero-order valence-electron chi connectivity index (χ0n) is 14.4. The van der Waals surface area contributed by atoms with Crippen molar-refractivity contribution in [2.45, 2.75) is 32.1 Å². The van der Waals surface area contributed by atoms with Gasteiger partial charge in [0, 0.05) is 31.2 Å². The van der Waals surface area contributed by atoms with Crippen molar-refractivity contribution in [2.75, 3.05) is 26.2 Å². The quantitative estimate of drug-likeness (QED) is 0.474. The average molecular weight is 371 g/mol. The van der Waals surface area contributed by atoms with Crippen molar-refractivity contribution in [1.29, 1.82) is 5.26 Å². The van der Waals surface area contributed by atoms with Gasteiger partial charge in [-0.2, -0.15) is 18.4 Å². The molecule has 0 bridgehead atoms. The number of nitrogens with one attached hydrogen (secondary N) is 2. The van der Waals surface area contributed by atoms with Crippen LogP contribution in [0, 0.1) is 17.1 Å². The highest BCUT2D eigenvalue weighted by Gasteiger charge is 2.34. The lowest BCUT2D eigenvalue weighted by molar-refractivity contribution is -0.143. The van der Waals surface area contributed by atoms with Crippen LogP contribution in [0.5, 0.6) is 0 Å². The summed E-state index contributed by atoms with van der Waals surface area (Å²) in [7, 11) is 0. The van der Waals surface area contributed by atoms with Gasteiger partial charge in [-0.25, -0.2) is 9.38 Å². The predicted molar refractivity (Wildman–Crippen MR) is 90.0 cm³/mol. The van der Waals surface area contributed by atoms with Crippen molar-refractivity contribution < 1.29 is 17.6 Å². The Morgan fingerprint density at radius 2 is 2.19 bits per heavy atom. The molecule has 1 atom stereocenters. The van der Waals surface area contributed by atoms with Crippen LogP contribution < -0.4 is 10.6 Å². The molecular weight excluding hydrogens is 350 g/mol. The fraction of sp³-hybridized carbons (Fsp3) is 0.529. The van der Waals surface area contributed by atoms with Crippen molar-refractivity contribution in [3.05, 3.63) is 35.1 Å². The normalized spacial score (nSPS) is 18.6. The molecule has 1 aromatic rings. The van der Waals surface area contributed by atoms with Crippen LogP contribution in [0.2, 0.25) is 0 Å². The number of hydrogen-bond donors (Lipinski definition) is 2. The molecule has 0 saturated carbocycles. The number of alkyl halides is 3. The van der Waals surface area contributed by atoms with Crippen LogP contribution >= 0.6 is 0 Å². The van der Waals surface area contributed by atoms with E-state index < -0.39 is 18.5 Å². The molecule has 0 amide bonds. The Hall–Kier alpha value is -2.34. The first kappa shape index (κ1) is 20.0. The van der Waals surface area contributed by atoms with Crippen LogP contribution in [0.4, 0.5) is 17.6 Å². The third-order valence-corrected chi connectivity index (χ3v) is 3.95. The van der Waals surface area contributed by atoms with Gasteiger partial charge in [-0.05, 0) is 25.5 Å². The zero-order valence-corrected chi connectivity index (χ0v) is 14.4. The van der Waals surface area contributed by atoms with Gasteiger partial charge in [-0.3, -0.25) is 4.90 Å². The summed E-state index contributed by atoms with van der Waals surface area (Å²) in [6.45, 7) is 2.21. The highest BCUT2D eigenvalue weighted by molar-refractivity contribution is 5.80. The molecular formula is C17H21F4N5. The molecule has 1 aromatic carbocycles. The smallest absolute Gasteiger partial charge is 0.357 e. The third-order valence-electron chi connectivity index (χ3n) is 3.95. The van der Waals surface area contributed by atoms with Gasteiger partial charge in [0.25, 0.3) is 0 Å². The maximum Gasteiger partial charge on any atom is 0.401 e. The summed E-state index contributed by atoms with van der Waals surface area (Å²) in [5.41, 5.74) is 0.572. The molecule has 26 heavy (non-hydrogen) atoms. The number of likely N-dealkylation sites (tertiary alicyclic amines) is 1. The van der Waals surface area contributed by atoms with E-state index in [0.717, 1.165) is 6.07 Å². The highest BCUT2D eigenvalue weighted by Crippen LogP contribution is 2.20. The molecule has 0 aliphatic carbocycles. The Morgan fingerprint density at radius 1 is 1.42 bits per heavy atom. The summed E-state index contributed by atoms with van der Waals surface area (Å²) in [4.78, 5) is 5.64. The van der Waals surface area contributed by atoms with Crippen LogP contribution in [0.3, 0.4) is 0 Å². The summed E-state index contributed by atoms with van der Waals surface area (Å²) in [5.74, 6) is -0.0871. The number of aliphatic imine (C=N–C) groups is 1. The van der Waals surface area contributed by atoms with E-state index in [1.165, 1.54) is 17.0 Å². The number of hydrogen-bond acceptors (Lipinski definition) is 3. The molecule has 0 aromatic heterocycles. The first-order chi connectivity index (χ1) is 12.3. The molecule has 9 heteroatoms. The zero-order chi connectivity index (χ0) is 19.2. The first-order valence-electron chi connectivity index (χ1n) is 8.33. The fourth-order valence-corrected chi connectivity index (χ4v) is 2.77. The Morgan fingerprint density at radius 3 is 2.81 bits per heavy atom. The molecule has 1 fully saturated rings. The van der Waals surface area contributed by atoms with Crippen molar-refractivity contribution in [3.63, 3.8) is 0 Å². The van der Waals surface area contributed by atoms with Crippen molar-refractivity contribution in [2.24, 2.45) is 4.99 Å². The van der Waals surface area contributed by atoms with Crippen LogP contribution in [0.1, 0.15) is 24.5 Å². The third kappa shape index (κ3) is 6.19. The van der Waals surface area contributed by atoms with Crippen molar-refractivity contribution >= 4 is 5.96 Å². The lowest BCUT2D eigenvalue weighted by Gasteiger charge is -2.19. The molecule has 0 spiro atoms. The topological polar surface area (TPSA) is 63.5 Å². The molecule has 1 unspecified atom stereocenters. The summed E-state index contributed by atoms with van der Waals surface area (Å²) in [6.07, 6.45) is -3.63. The average Bonchev–Trinajstić information content (AvgIpc) is 2.98. The summed E-state index contributed by atoms with van der Waals surface area (Å²) >= 11 is 0.